The highest BCUT2D eigenvalue weighted by Gasteiger charge is 2.20. The number of hydrogen-bond donors (Lipinski definition) is 1. The Balaban J connectivity index is 1.82. The van der Waals surface area contributed by atoms with E-state index in [2.05, 4.69) is 10.1 Å². The highest BCUT2D eigenvalue weighted by molar-refractivity contribution is 6.08. The molecule has 0 aliphatic rings. The third-order valence-corrected chi connectivity index (χ3v) is 4.30. The molecule has 2 heterocycles. The Morgan fingerprint density at radius 3 is 2.32 bits per heavy atom. The summed E-state index contributed by atoms with van der Waals surface area (Å²) in [5.41, 5.74) is 2.00. The molecule has 0 amide bonds. The predicted molar refractivity (Wildman–Crippen MR) is 106 cm³/mol. The van der Waals surface area contributed by atoms with Gasteiger partial charge in [0.2, 0.25) is 0 Å². The summed E-state index contributed by atoms with van der Waals surface area (Å²) in [6, 6.07) is 19.0. The molecule has 0 fully saturated rings. The fourth-order valence-electron chi connectivity index (χ4n) is 2.98. The van der Waals surface area contributed by atoms with E-state index in [9.17, 15) is 14.7 Å². The molecular formula is C22H15N3O3. The van der Waals surface area contributed by atoms with Crippen LogP contribution in [0.4, 0.5) is 0 Å². The number of fused-ring (bicyclic) bond motifs is 1. The van der Waals surface area contributed by atoms with Gasteiger partial charge in [-0.25, -0.2) is 4.79 Å². The molecule has 0 saturated heterocycles. The molecule has 0 bridgehead atoms. The standard InChI is InChI=1S/C22H15N3O3/c26-21(16-8-1-2-9-17(16)22(27)28)25-20-11-4-3-10-18(20)19(24-25)13-12-15-7-5-6-14-23-15/h1-14H,(H,27,28). The van der Waals surface area contributed by atoms with Gasteiger partial charge < -0.3 is 5.11 Å². The lowest BCUT2D eigenvalue weighted by molar-refractivity contribution is 0.0691. The fraction of sp³-hybridized carbons (Fsp3) is 0. The average molecular weight is 369 g/mol. The number of carboxylic acid groups (broad SMARTS) is 1. The SMILES string of the molecule is O=C(O)c1ccccc1C(=O)n1nc(C=Cc2ccccn2)c2ccccc21. The zero-order chi connectivity index (χ0) is 19.5. The summed E-state index contributed by atoms with van der Waals surface area (Å²) in [6.45, 7) is 0. The maximum atomic E-state index is 13.1. The van der Waals surface area contributed by atoms with Crippen LogP contribution in [0.15, 0.2) is 72.9 Å². The van der Waals surface area contributed by atoms with Crippen LogP contribution in [0.1, 0.15) is 32.1 Å². The van der Waals surface area contributed by atoms with E-state index in [4.69, 9.17) is 0 Å². The van der Waals surface area contributed by atoms with E-state index in [1.165, 1.54) is 16.8 Å². The first-order valence-corrected chi connectivity index (χ1v) is 8.59. The minimum atomic E-state index is -1.16. The monoisotopic (exact) mass is 369 g/mol. The van der Waals surface area contributed by atoms with Crippen LogP contribution >= 0.6 is 0 Å². The van der Waals surface area contributed by atoms with Gasteiger partial charge in [0.05, 0.1) is 28.0 Å². The van der Waals surface area contributed by atoms with Crippen molar-refractivity contribution in [2.24, 2.45) is 0 Å². The number of carbonyl (C=O) groups is 2. The lowest BCUT2D eigenvalue weighted by atomic mass is 10.1. The molecule has 2 aromatic heterocycles. The Bertz CT molecular complexity index is 1210. The van der Waals surface area contributed by atoms with Gasteiger partial charge in [0.1, 0.15) is 0 Å². The third-order valence-electron chi connectivity index (χ3n) is 4.30. The molecule has 6 nitrogen and oxygen atoms in total. The number of aromatic nitrogens is 3. The summed E-state index contributed by atoms with van der Waals surface area (Å²) in [5, 5.41) is 14.6. The number of carboxylic acids is 1. The topological polar surface area (TPSA) is 85.1 Å². The lowest BCUT2D eigenvalue weighted by Gasteiger charge is -2.05. The average Bonchev–Trinajstić information content (AvgIpc) is 3.11. The van der Waals surface area contributed by atoms with E-state index in [1.54, 1.807) is 30.5 Å². The molecule has 4 aromatic rings. The van der Waals surface area contributed by atoms with Gasteiger partial charge in [0, 0.05) is 11.6 Å². The molecule has 0 radical (unpaired) electrons. The van der Waals surface area contributed by atoms with Crippen molar-refractivity contribution in [1.29, 1.82) is 0 Å². The molecule has 0 aliphatic carbocycles. The van der Waals surface area contributed by atoms with E-state index >= 15 is 0 Å². The van der Waals surface area contributed by atoms with E-state index in [1.807, 2.05) is 42.5 Å². The second-order valence-corrected chi connectivity index (χ2v) is 6.06. The van der Waals surface area contributed by atoms with Crippen LogP contribution in [0.5, 0.6) is 0 Å². The normalized spacial score (nSPS) is 11.1. The summed E-state index contributed by atoms with van der Waals surface area (Å²) in [5.74, 6) is -1.65. The van der Waals surface area contributed by atoms with Crippen molar-refractivity contribution >= 4 is 34.9 Å². The first-order valence-electron chi connectivity index (χ1n) is 8.59. The van der Waals surface area contributed by atoms with E-state index in [0.29, 0.717) is 11.2 Å². The van der Waals surface area contributed by atoms with Gasteiger partial charge in [0.15, 0.2) is 0 Å². The Hall–Kier alpha value is -4.06. The molecule has 28 heavy (non-hydrogen) atoms. The number of nitrogens with zero attached hydrogens (tertiary/aromatic N) is 3. The number of benzene rings is 2. The van der Waals surface area contributed by atoms with Crippen molar-refractivity contribution in [2.75, 3.05) is 0 Å². The van der Waals surface area contributed by atoms with Gasteiger partial charge in [0.25, 0.3) is 5.91 Å². The minimum absolute atomic E-state index is 0.0577. The number of aromatic carboxylic acids is 1. The molecule has 4 rings (SSSR count). The first kappa shape index (κ1) is 17.4. The van der Waals surface area contributed by atoms with Gasteiger partial charge in [-0.2, -0.15) is 9.78 Å². The summed E-state index contributed by atoms with van der Waals surface area (Å²) < 4.78 is 1.25. The van der Waals surface area contributed by atoms with E-state index < -0.39 is 11.9 Å². The molecule has 0 atom stereocenters. The molecule has 0 unspecified atom stereocenters. The Morgan fingerprint density at radius 1 is 0.857 bits per heavy atom. The Morgan fingerprint density at radius 2 is 1.57 bits per heavy atom. The zero-order valence-corrected chi connectivity index (χ0v) is 14.7. The number of rotatable bonds is 4. The van der Waals surface area contributed by atoms with Crippen LogP contribution in [0.25, 0.3) is 23.1 Å². The van der Waals surface area contributed by atoms with Crippen LogP contribution in [-0.2, 0) is 0 Å². The number of carbonyl (C=O) groups excluding carboxylic acids is 1. The van der Waals surface area contributed by atoms with Gasteiger partial charge >= 0.3 is 5.97 Å². The van der Waals surface area contributed by atoms with Crippen molar-refractivity contribution < 1.29 is 14.7 Å². The van der Waals surface area contributed by atoms with Crippen molar-refractivity contribution in [1.82, 2.24) is 14.8 Å². The maximum Gasteiger partial charge on any atom is 0.336 e. The van der Waals surface area contributed by atoms with E-state index in [0.717, 1.165) is 11.1 Å². The molecule has 136 valence electrons. The molecule has 1 N–H and O–H groups in total. The number of para-hydroxylation sites is 1. The smallest absolute Gasteiger partial charge is 0.336 e. The number of pyridine rings is 1. The summed E-state index contributed by atoms with van der Waals surface area (Å²) in [4.78, 5) is 28.8. The first-order chi connectivity index (χ1) is 13.6. The molecule has 2 aromatic carbocycles. The second-order valence-electron chi connectivity index (χ2n) is 6.06. The van der Waals surface area contributed by atoms with Crippen molar-refractivity contribution in [2.45, 2.75) is 0 Å². The largest absolute Gasteiger partial charge is 0.478 e. The van der Waals surface area contributed by atoms with Crippen LogP contribution in [0.2, 0.25) is 0 Å². The van der Waals surface area contributed by atoms with Crippen molar-refractivity contribution in [3.8, 4) is 0 Å². The quantitative estimate of drug-likeness (QED) is 0.588. The van der Waals surface area contributed by atoms with Gasteiger partial charge in [-0.05, 0) is 42.5 Å². The Kier molecular flexibility index (Phi) is 4.51. The molecule has 6 heteroatoms. The summed E-state index contributed by atoms with van der Waals surface area (Å²) in [7, 11) is 0. The van der Waals surface area contributed by atoms with Gasteiger partial charge in [-0.1, -0.05) is 36.4 Å². The minimum Gasteiger partial charge on any atom is -0.478 e. The van der Waals surface area contributed by atoms with Gasteiger partial charge in [-0.15, -0.1) is 0 Å². The molecule has 0 spiro atoms. The van der Waals surface area contributed by atoms with Crippen LogP contribution < -0.4 is 0 Å². The van der Waals surface area contributed by atoms with Crippen LogP contribution in [0, 0.1) is 0 Å². The van der Waals surface area contributed by atoms with Crippen LogP contribution in [0.3, 0.4) is 0 Å². The summed E-state index contributed by atoms with van der Waals surface area (Å²) in [6.07, 6.45) is 5.30. The van der Waals surface area contributed by atoms with Crippen molar-refractivity contribution in [3.63, 3.8) is 0 Å². The molecular weight excluding hydrogens is 354 g/mol. The Labute approximate surface area is 160 Å². The second kappa shape index (κ2) is 7.28. The predicted octanol–water partition coefficient (Wildman–Crippen LogP) is 3.99. The maximum absolute atomic E-state index is 13.1. The van der Waals surface area contributed by atoms with Crippen molar-refractivity contribution in [3.05, 3.63) is 95.4 Å². The van der Waals surface area contributed by atoms with Crippen LogP contribution in [-0.4, -0.2) is 31.7 Å². The lowest BCUT2D eigenvalue weighted by Crippen LogP contribution is -2.17. The number of hydrogen-bond acceptors (Lipinski definition) is 4. The molecule has 0 saturated carbocycles. The summed E-state index contributed by atoms with van der Waals surface area (Å²) >= 11 is 0. The highest BCUT2D eigenvalue weighted by atomic mass is 16.4. The van der Waals surface area contributed by atoms with E-state index in [-0.39, 0.29) is 11.1 Å². The fourth-order valence-corrected chi connectivity index (χ4v) is 2.98. The third kappa shape index (κ3) is 3.19. The molecule has 0 aliphatic heterocycles. The van der Waals surface area contributed by atoms with Gasteiger partial charge in [-0.3, -0.25) is 9.78 Å². The highest BCUT2D eigenvalue weighted by Crippen LogP contribution is 2.22. The zero-order valence-electron chi connectivity index (χ0n) is 14.7.